The minimum atomic E-state index is -0.242. The molecule has 4 rings (SSSR count). The van der Waals surface area contributed by atoms with Gasteiger partial charge in [0.1, 0.15) is 18.2 Å². The lowest BCUT2D eigenvalue weighted by molar-refractivity contribution is 0.619. The second-order valence-electron chi connectivity index (χ2n) is 4.70. The van der Waals surface area contributed by atoms with E-state index in [0.29, 0.717) is 5.95 Å². The number of rotatable bonds is 2. The van der Waals surface area contributed by atoms with Crippen molar-refractivity contribution in [3.63, 3.8) is 0 Å². The lowest BCUT2D eigenvalue weighted by atomic mass is 10.1. The smallest absolute Gasteiger partial charge is 0.226 e. The first-order chi connectivity index (χ1) is 10.3. The highest BCUT2D eigenvalue weighted by molar-refractivity contribution is 7.10. The van der Waals surface area contributed by atoms with Crippen molar-refractivity contribution in [3.05, 3.63) is 70.4 Å². The molecule has 0 amide bonds. The zero-order valence-corrected chi connectivity index (χ0v) is 11.7. The molecule has 0 saturated carbocycles. The molecule has 0 fully saturated rings. The van der Waals surface area contributed by atoms with Crippen molar-refractivity contribution in [2.45, 2.75) is 6.04 Å². The first-order valence-corrected chi connectivity index (χ1v) is 7.37. The molecule has 3 aromatic rings. The van der Waals surface area contributed by atoms with Gasteiger partial charge >= 0.3 is 0 Å². The van der Waals surface area contributed by atoms with E-state index in [-0.39, 0.29) is 11.9 Å². The average Bonchev–Trinajstić information content (AvgIpc) is 3.18. The molecule has 104 valence electrons. The third kappa shape index (κ3) is 2.13. The number of nitrogens with zero attached hydrogens (tertiary/aromatic N) is 3. The maximum Gasteiger partial charge on any atom is 0.226 e. The van der Waals surface area contributed by atoms with Gasteiger partial charge in [0, 0.05) is 10.6 Å². The van der Waals surface area contributed by atoms with Crippen LogP contribution < -0.4 is 5.32 Å². The minimum absolute atomic E-state index is 0.00352. The Morgan fingerprint density at radius 2 is 2.05 bits per heavy atom. The van der Waals surface area contributed by atoms with Crippen LogP contribution in [0.5, 0.6) is 0 Å². The van der Waals surface area contributed by atoms with Crippen molar-refractivity contribution >= 4 is 23.0 Å². The molecule has 1 aliphatic rings. The molecule has 3 heterocycles. The highest BCUT2D eigenvalue weighted by atomic mass is 32.1. The summed E-state index contributed by atoms with van der Waals surface area (Å²) in [5, 5.41) is 9.56. The Bertz CT molecular complexity index is 789. The van der Waals surface area contributed by atoms with E-state index in [9.17, 15) is 4.39 Å². The molecule has 0 spiro atoms. The third-order valence-corrected chi connectivity index (χ3v) is 4.34. The quantitative estimate of drug-likeness (QED) is 0.787. The summed E-state index contributed by atoms with van der Waals surface area (Å²) in [5.41, 5.74) is 1.83. The molecule has 0 saturated heterocycles. The Hall–Kier alpha value is -2.47. The number of halogens is 1. The van der Waals surface area contributed by atoms with Crippen molar-refractivity contribution in [2.75, 3.05) is 5.32 Å². The van der Waals surface area contributed by atoms with Gasteiger partial charge in [0.2, 0.25) is 5.95 Å². The van der Waals surface area contributed by atoms with Crippen molar-refractivity contribution in [1.29, 1.82) is 0 Å². The van der Waals surface area contributed by atoms with Crippen molar-refractivity contribution in [3.8, 4) is 0 Å². The van der Waals surface area contributed by atoms with Gasteiger partial charge in [0.25, 0.3) is 0 Å². The number of benzene rings is 1. The third-order valence-electron chi connectivity index (χ3n) is 3.40. The number of hydrogen-bond acceptors (Lipinski definition) is 4. The number of hydrogen-bond donors (Lipinski definition) is 1. The first kappa shape index (κ1) is 12.3. The number of anilines is 1. The lowest BCUT2D eigenvalue weighted by Crippen LogP contribution is -2.19. The molecule has 0 bridgehead atoms. The Morgan fingerprint density at radius 1 is 1.19 bits per heavy atom. The fourth-order valence-electron chi connectivity index (χ4n) is 2.39. The maximum absolute atomic E-state index is 13.1. The van der Waals surface area contributed by atoms with E-state index < -0.39 is 0 Å². The molecule has 1 atom stereocenters. The van der Waals surface area contributed by atoms with Gasteiger partial charge in [0.15, 0.2) is 0 Å². The van der Waals surface area contributed by atoms with Crippen LogP contribution >= 0.6 is 11.3 Å². The van der Waals surface area contributed by atoms with Crippen molar-refractivity contribution < 1.29 is 4.39 Å². The SMILES string of the molecule is Fc1ccc(C2=CC(c3cccs3)n3ncnc3N2)cc1. The summed E-state index contributed by atoms with van der Waals surface area (Å²) in [4.78, 5) is 5.42. The normalized spacial score (nSPS) is 17.0. The van der Waals surface area contributed by atoms with Crippen LogP contribution in [-0.4, -0.2) is 14.8 Å². The number of allylic oxidation sites excluding steroid dienone is 1. The summed E-state index contributed by atoms with van der Waals surface area (Å²) in [6.45, 7) is 0. The van der Waals surface area contributed by atoms with Gasteiger partial charge in [-0.15, -0.1) is 11.3 Å². The Morgan fingerprint density at radius 3 is 2.81 bits per heavy atom. The van der Waals surface area contributed by atoms with Crippen LogP contribution in [0.3, 0.4) is 0 Å². The van der Waals surface area contributed by atoms with Gasteiger partial charge in [0.05, 0.1) is 0 Å². The van der Waals surface area contributed by atoms with E-state index in [2.05, 4.69) is 27.5 Å². The summed E-state index contributed by atoms with van der Waals surface area (Å²) in [5.74, 6) is 0.448. The zero-order chi connectivity index (χ0) is 14.2. The molecule has 1 aromatic carbocycles. The number of nitrogens with one attached hydrogen (secondary N) is 1. The van der Waals surface area contributed by atoms with E-state index >= 15 is 0 Å². The molecule has 21 heavy (non-hydrogen) atoms. The molecular weight excluding hydrogens is 287 g/mol. The van der Waals surface area contributed by atoms with Crippen LogP contribution in [0.4, 0.5) is 10.3 Å². The predicted molar refractivity (Wildman–Crippen MR) is 80.5 cm³/mol. The van der Waals surface area contributed by atoms with Gasteiger partial charge in [-0.05, 0) is 47.4 Å². The second-order valence-corrected chi connectivity index (χ2v) is 5.68. The summed E-state index contributed by atoms with van der Waals surface area (Å²) in [6, 6.07) is 10.5. The monoisotopic (exact) mass is 298 g/mol. The molecule has 1 N–H and O–H groups in total. The fraction of sp³-hybridized carbons (Fsp3) is 0.0667. The maximum atomic E-state index is 13.1. The number of thiophene rings is 1. The van der Waals surface area contributed by atoms with Gasteiger partial charge in [-0.2, -0.15) is 10.1 Å². The summed E-state index contributed by atoms with van der Waals surface area (Å²) in [7, 11) is 0. The number of fused-ring (bicyclic) bond motifs is 1. The van der Waals surface area contributed by atoms with E-state index in [1.165, 1.54) is 23.3 Å². The van der Waals surface area contributed by atoms with Gasteiger partial charge < -0.3 is 5.32 Å². The lowest BCUT2D eigenvalue weighted by Gasteiger charge is -2.23. The Labute approximate surface area is 124 Å². The molecular formula is C15H11FN4S. The van der Waals surface area contributed by atoms with Crippen LogP contribution in [0.2, 0.25) is 0 Å². The van der Waals surface area contributed by atoms with Gasteiger partial charge in [-0.1, -0.05) is 6.07 Å². The predicted octanol–water partition coefficient (Wildman–Crippen LogP) is 3.53. The van der Waals surface area contributed by atoms with Gasteiger partial charge in [-0.25, -0.2) is 9.07 Å². The van der Waals surface area contributed by atoms with E-state index in [0.717, 1.165) is 11.3 Å². The van der Waals surface area contributed by atoms with Crippen LogP contribution in [0, 0.1) is 5.82 Å². The molecule has 1 unspecified atom stereocenters. The molecule has 4 nitrogen and oxygen atoms in total. The van der Waals surface area contributed by atoms with E-state index in [1.54, 1.807) is 23.5 Å². The summed E-state index contributed by atoms with van der Waals surface area (Å²) in [6.07, 6.45) is 3.62. The van der Waals surface area contributed by atoms with Crippen molar-refractivity contribution in [1.82, 2.24) is 14.8 Å². The molecule has 1 aliphatic heterocycles. The largest absolute Gasteiger partial charge is 0.324 e. The molecule has 0 aliphatic carbocycles. The summed E-state index contributed by atoms with van der Waals surface area (Å²) >= 11 is 1.68. The topological polar surface area (TPSA) is 42.7 Å². The average molecular weight is 298 g/mol. The minimum Gasteiger partial charge on any atom is -0.324 e. The zero-order valence-electron chi connectivity index (χ0n) is 10.9. The number of aromatic nitrogens is 3. The highest BCUT2D eigenvalue weighted by Gasteiger charge is 2.23. The standard InChI is InChI=1S/C15H11FN4S/c16-11-5-3-10(4-6-11)12-8-13(14-2-1-7-21-14)20-15(19-12)17-9-18-20/h1-9,13H,(H,17,18,19). The molecule has 2 aromatic heterocycles. The second kappa shape index (κ2) is 4.82. The first-order valence-electron chi connectivity index (χ1n) is 6.49. The van der Waals surface area contributed by atoms with Crippen LogP contribution in [0.1, 0.15) is 16.5 Å². The van der Waals surface area contributed by atoms with E-state index in [4.69, 9.17) is 0 Å². The van der Waals surface area contributed by atoms with E-state index in [1.807, 2.05) is 16.1 Å². The van der Waals surface area contributed by atoms with Crippen molar-refractivity contribution in [2.24, 2.45) is 0 Å². The molecule has 6 heteroatoms. The van der Waals surface area contributed by atoms with Crippen LogP contribution in [-0.2, 0) is 0 Å². The highest BCUT2D eigenvalue weighted by Crippen LogP contribution is 2.33. The Balaban J connectivity index is 1.80. The van der Waals surface area contributed by atoms with Crippen LogP contribution in [0.15, 0.2) is 54.2 Å². The van der Waals surface area contributed by atoms with Gasteiger partial charge in [-0.3, -0.25) is 0 Å². The fourth-order valence-corrected chi connectivity index (χ4v) is 3.17. The summed E-state index contributed by atoms with van der Waals surface area (Å²) < 4.78 is 14.9. The van der Waals surface area contributed by atoms with Crippen LogP contribution in [0.25, 0.3) is 5.70 Å². The Kier molecular flexibility index (Phi) is 2.82. The molecule has 0 radical (unpaired) electrons.